The molecule has 1 saturated carbocycles. The number of hydrogen-bond donors (Lipinski definition) is 2. The van der Waals surface area contributed by atoms with Gasteiger partial charge in [-0.15, -0.1) is 0 Å². The molecule has 0 heterocycles. The van der Waals surface area contributed by atoms with Crippen molar-refractivity contribution in [1.29, 1.82) is 0 Å². The fourth-order valence-electron chi connectivity index (χ4n) is 2.47. The molecule has 3 nitrogen and oxygen atoms in total. The van der Waals surface area contributed by atoms with Crippen LogP contribution in [0, 0.1) is 0 Å². The standard InChI is InChI=1S/C12H26N2O/c1-4-8-12(2,13)9-14-10-6-5-7-11(10)15-3/h10-11,14H,4-9,13H2,1-3H3. The zero-order valence-corrected chi connectivity index (χ0v) is 10.4. The first-order chi connectivity index (χ1) is 7.09. The number of hydrogen-bond acceptors (Lipinski definition) is 3. The minimum absolute atomic E-state index is 0.0738. The lowest BCUT2D eigenvalue weighted by molar-refractivity contribution is 0.0832. The summed E-state index contributed by atoms with van der Waals surface area (Å²) in [6.45, 7) is 5.20. The summed E-state index contributed by atoms with van der Waals surface area (Å²) in [6, 6.07) is 0.509. The van der Waals surface area contributed by atoms with Crippen molar-refractivity contribution in [3.63, 3.8) is 0 Å². The molecule has 1 aliphatic carbocycles. The van der Waals surface area contributed by atoms with Crippen LogP contribution < -0.4 is 11.1 Å². The fraction of sp³-hybridized carbons (Fsp3) is 1.00. The van der Waals surface area contributed by atoms with Crippen molar-refractivity contribution in [3.05, 3.63) is 0 Å². The first kappa shape index (κ1) is 12.9. The zero-order valence-electron chi connectivity index (χ0n) is 10.4. The second-order valence-electron chi connectivity index (χ2n) is 5.10. The normalized spacial score (nSPS) is 30.4. The molecule has 0 aromatic carbocycles. The Kier molecular flexibility index (Phi) is 5.03. The lowest BCUT2D eigenvalue weighted by atomic mass is 9.97. The summed E-state index contributed by atoms with van der Waals surface area (Å²) < 4.78 is 5.45. The Morgan fingerprint density at radius 3 is 2.80 bits per heavy atom. The summed E-state index contributed by atoms with van der Waals surface area (Å²) in [7, 11) is 1.80. The Morgan fingerprint density at radius 2 is 2.20 bits per heavy atom. The van der Waals surface area contributed by atoms with Gasteiger partial charge in [-0.1, -0.05) is 13.3 Å². The Morgan fingerprint density at radius 1 is 1.47 bits per heavy atom. The summed E-state index contributed by atoms with van der Waals surface area (Å²) in [4.78, 5) is 0. The number of nitrogens with one attached hydrogen (secondary N) is 1. The van der Waals surface area contributed by atoms with E-state index < -0.39 is 0 Å². The highest BCUT2D eigenvalue weighted by Crippen LogP contribution is 2.22. The quantitative estimate of drug-likeness (QED) is 0.707. The molecular weight excluding hydrogens is 188 g/mol. The molecule has 15 heavy (non-hydrogen) atoms. The summed E-state index contributed by atoms with van der Waals surface area (Å²) in [5.41, 5.74) is 6.12. The minimum atomic E-state index is -0.0738. The highest BCUT2D eigenvalue weighted by atomic mass is 16.5. The molecule has 1 fully saturated rings. The molecule has 0 amide bonds. The Hall–Kier alpha value is -0.120. The third-order valence-electron chi connectivity index (χ3n) is 3.34. The Balaban J connectivity index is 2.29. The van der Waals surface area contributed by atoms with Gasteiger partial charge in [-0.3, -0.25) is 0 Å². The molecule has 90 valence electrons. The molecule has 3 heteroatoms. The van der Waals surface area contributed by atoms with Crippen LogP contribution in [-0.2, 0) is 4.74 Å². The summed E-state index contributed by atoms with van der Waals surface area (Å²) >= 11 is 0. The van der Waals surface area contributed by atoms with Gasteiger partial charge in [-0.05, 0) is 32.6 Å². The third kappa shape index (κ3) is 4.09. The van der Waals surface area contributed by atoms with E-state index >= 15 is 0 Å². The van der Waals surface area contributed by atoms with Gasteiger partial charge < -0.3 is 15.8 Å². The number of ether oxygens (including phenoxy) is 1. The summed E-state index contributed by atoms with van der Waals surface area (Å²) in [6.07, 6.45) is 6.29. The molecule has 0 radical (unpaired) electrons. The minimum Gasteiger partial charge on any atom is -0.380 e. The lowest BCUT2D eigenvalue weighted by Crippen LogP contribution is -2.50. The van der Waals surface area contributed by atoms with E-state index in [9.17, 15) is 0 Å². The van der Waals surface area contributed by atoms with Crippen LogP contribution >= 0.6 is 0 Å². The molecular formula is C12H26N2O. The van der Waals surface area contributed by atoms with Gasteiger partial charge in [-0.2, -0.15) is 0 Å². The zero-order chi connectivity index (χ0) is 11.3. The van der Waals surface area contributed by atoms with Crippen LogP contribution in [0.1, 0.15) is 46.0 Å². The fourth-order valence-corrected chi connectivity index (χ4v) is 2.47. The van der Waals surface area contributed by atoms with Crippen molar-refractivity contribution in [3.8, 4) is 0 Å². The molecule has 3 atom stereocenters. The second-order valence-corrected chi connectivity index (χ2v) is 5.10. The molecule has 0 aliphatic heterocycles. The first-order valence-electron chi connectivity index (χ1n) is 6.14. The van der Waals surface area contributed by atoms with Gasteiger partial charge in [0.25, 0.3) is 0 Å². The Bertz CT molecular complexity index is 182. The molecule has 1 aliphatic rings. The maximum absolute atomic E-state index is 6.19. The molecule has 3 unspecified atom stereocenters. The maximum atomic E-state index is 6.19. The largest absolute Gasteiger partial charge is 0.380 e. The van der Waals surface area contributed by atoms with Gasteiger partial charge in [0.2, 0.25) is 0 Å². The molecule has 3 N–H and O–H groups in total. The van der Waals surface area contributed by atoms with Crippen molar-refractivity contribution in [2.45, 2.75) is 63.6 Å². The summed E-state index contributed by atoms with van der Waals surface area (Å²) in [5.74, 6) is 0. The second kappa shape index (κ2) is 5.83. The molecule has 0 bridgehead atoms. The molecule has 0 aromatic rings. The van der Waals surface area contributed by atoms with Crippen molar-refractivity contribution in [1.82, 2.24) is 5.32 Å². The number of rotatable bonds is 6. The average Bonchev–Trinajstić information content (AvgIpc) is 2.62. The third-order valence-corrected chi connectivity index (χ3v) is 3.34. The number of methoxy groups -OCH3 is 1. The van der Waals surface area contributed by atoms with E-state index in [1.54, 1.807) is 7.11 Å². The molecule has 0 saturated heterocycles. The van der Waals surface area contributed by atoms with Crippen molar-refractivity contribution in [2.24, 2.45) is 5.73 Å². The van der Waals surface area contributed by atoms with Crippen molar-refractivity contribution >= 4 is 0 Å². The molecule has 1 rings (SSSR count). The van der Waals surface area contributed by atoms with Gasteiger partial charge in [0.05, 0.1) is 6.10 Å². The van der Waals surface area contributed by atoms with Crippen molar-refractivity contribution < 1.29 is 4.74 Å². The monoisotopic (exact) mass is 214 g/mol. The van der Waals surface area contributed by atoms with Gasteiger partial charge in [0, 0.05) is 25.2 Å². The van der Waals surface area contributed by atoms with Crippen LogP contribution in [0.3, 0.4) is 0 Å². The van der Waals surface area contributed by atoms with E-state index in [-0.39, 0.29) is 5.54 Å². The van der Waals surface area contributed by atoms with Crippen LogP contribution in [0.4, 0.5) is 0 Å². The van der Waals surface area contributed by atoms with Gasteiger partial charge >= 0.3 is 0 Å². The highest BCUT2D eigenvalue weighted by Gasteiger charge is 2.28. The van der Waals surface area contributed by atoms with E-state index in [2.05, 4.69) is 19.2 Å². The maximum Gasteiger partial charge on any atom is 0.0724 e. The smallest absolute Gasteiger partial charge is 0.0724 e. The van der Waals surface area contributed by atoms with Crippen LogP contribution in [0.5, 0.6) is 0 Å². The number of nitrogens with two attached hydrogens (primary N) is 1. The van der Waals surface area contributed by atoms with Gasteiger partial charge in [0.1, 0.15) is 0 Å². The highest BCUT2D eigenvalue weighted by molar-refractivity contribution is 4.88. The molecule has 0 aromatic heterocycles. The van der Waals surface area contributed by atoms with E-state index in [4.69, 9.17) is 10.5 Å². The topological polar surface area (TPSA) is 47.3 Å². The van der Waals surface area contributed by atoms with Crippen LogP contribution in [0.25, 0.3) is 0 Å². The average molecular weight is 214 g/mol. The van der Waals surface area contributed by atoms with Crippen LogP contribution in [0.15, 0.2) is 0 Å². The predicted octanol–water partition coefficient (Wildman–Crippen LogP) is 1.66. The van der Waals surface area contributed by atoms with Gasteiger partial charge in [-0.25, -0.2) is 0 Å². The van der Waals surface area contributed by atoms with Gasteiger partial charge in [0.15, 0.2) is 0 Å². The van der Waals surface area contributed by atoms with Crippen molar-refractivity contribution in [2.75, 3.05) is 13.7 Å². The molecule has 0 spiro atoms. The summed E-state index contributed by atoms with van der Waals surface area (Å²) in [5, 5.41) is 3.56. The predicted molar refractivity (Wildman–Crippen MR) is 63.9 cm³/mol. The van der Waals surface area contributed by atoms with E-state index in [0.29, 0.717) is 12.1 Å². The van der Waals surface area contributed by atoms with Crippen LogP contribution in [-0.4, -0.2) is 31.3 Å². The Labute approximate surface area is 93.8 Å². The SMILES string of the molecule is CCCC(C)(N)CNC1CCCC1OC. The van der Waals surface area contributed by atoms with Crippen LogP contribution in [0.2, 0.25) is 0 Å². The van der Waals surface area contributed by atoms with E-state index in [1.165, 1.54) is 19.3 Å². The van der Waals surface area contributed by atoms with E-state index in [1.807, 2.05) is 0 Å². The van der Waals surface area contributed by atoms with E-state index in [0.717, 1.165) is 19.4 Å². The first-order valence-corrected chi connectivity index (χ1v) is 6.14. The lowest BCUT2D eigenvalue weighted by Gasteiger charge is -2.28.